The van der Waals surface area contributed by atoms with Gasteiger partial charge in [0.05, 0.1) is 17.0 Å². The average molecular weight is 404 g/mol. The Hall–Kier alpha value is -2.48. The van der Waals surface area contributed by atoms with E-state index < -0.39 is 22.4 Å². The molecule has 0 bridgehead atoms. The smallest absolute Gasteiger partial charge is 0.357 e. The summed E-state index contributed by atoms with van der Waals surface area (Å²) in [6, 6.07) is 10.4. The minimum Gasteiger partial charge on any atom is -0.451 e. The molecule has 3 rings (SSSR count). The molecule has 0 aliphatic carbocycles. The highest BCUT2D eigenvalue weighted by Gasteiger charge is 2.34. The number of hydrogen-bond donors (Lipinski definition) is 0. The van der Waals surface area contributed by atoms with Crippen LogP contribution in [0.4, 0.5) is 0 Å². The summed E-state index contributed by atoms with van der Waals surface area (Å²) >= 11 is 0. The second kappa shape index (κ2) is 8.68. The number of fused-ring (bicyclic) bond motifs is 1. The number of aromatic nitrogens is 1. The van der Waals surface area contributed by atoms with Crippen LogP contribution in [-0.2, 0) is 19.4 Å². The maximum atomic E-state index is 12.6. The van der Waals surface area contributed by atoms with E-state index in [1.54, 1.807) is 23.1 Å². The average Bonchev–Trinajstić information content (AvgIpc) is 3.05. The van der Waals surface area contributed by atoms with Crippen molar-refractivity contribution in [2.75, 3.05) is 24.7 Å². The molecule has 0 saturated carbocycles. The standard InChI is InChI=1S/C20H24N2O5S/c1-2-3-11-22(16-10-12-28(25,26)14-16)19(23)13-27-20(24)18-9-8-15-6-4-5-7-17(15)21-18/h4-9,16H,2-3,10-14H2,1H3/t16-/m0/s1. The molecular formula is C20H24N2O5S. The first-order valence-electron chi connectivity index (χ1n) is 9.42. The summed E-state index contributed by atoms with van der Waals surface area (Å²) in [5, 5.41) is 0.906. The summed E-state index contributed by atoms with van der Waals surface area (Å²) in [5.74, 6) is -0.977. The molecule has 0 N–H and O–H groups in total. The van der Waals surface area contributed by atoms with Crippen molar-refractivity contribution in [2.24, 2.45) is 0 Å². The normalized spacial score (nSPS) is 18.1. The van der Waals surface area contributed by atoms with Crippen LogP contribution in [-0.4, -0.2) is 60.9 Å². The van der Waals surface area contributed by atoms with Crippen LogP contribution in [0.15, 0.2) is 36.4 Å². The highest BCUT2D eigenvalue weighted by molar-refractivity contribution is 7.91. The number of sulfone groups is 1. The van der Waals surface area contributed by atoms with Crippen molar-refractivity contribution >= 4 is 32.6 Å². The molecule has 150 valence electrons. The number of rotatable bonds is 7. The Morgan fingerprint density at radius 3 is 2.71 bits per heavy atom. The van der Waals surface area contributed by atoms with Crippen LogP contribution >= 0.6 is 0 Å². The fourth-order valence-corrected chi connectivity index (χ4v) is 5.06. The Morgan fingerprint density at radius 1 is 1.21 bits per heavy atom. The van der Waals surface area contributed by atoms with Gasteiger partial charge in [0.25, 0.3) is 5.91 Å². The van der Waals surface area contributed by atoms with Crippen molar-refractivity contribution in [2.45, 2.75) is 32.2 Å². The van der Waals surface area contributed by atoms with Gasteiger partial charge in [-0.05, 0) is 25.0 Å². The van der Waals surface area contributed by atoms with Gasteiger partial charge in [-0.25, -0.2) is 18.2 Å². The zero-order valence-electron chi connectivity index (χ0n) is 15.8. The molecule has 1 amide bonds. The summed E-state index contributed by atoms with van der Waals surface area (Å²) in [4.78, 5) is 30.7. The van der Waals surface area contributed by atoms with Gasteiger partial charge < -0.3 is 9.64 Å². The second-order valence-corrected chi connectivity index (χ2v) is 9.19. The maximum absolute atomic E-state index is 12.6. The zero-order chi connectivity index (χ0) is 20.1. The molecule has 0 radical (unpaired) electrons. The van der Waals surface area contributed by atoms with Crippen LogP contribution in [0.3, 0.4) is 0 Å². The first-order valence-corrected chi connectivity index (χ1v) is 11.2. The number of nitrogens with zero attached hydrogens (tertiary/aromatic N) is 2. The Kier molecular flexibility index (Phi) is 6.28. The van der Waals surface area contributed by atoms with Gasteiger partial charge in [0.2, 0.25) is 0 Å². The Bertz CT molecular complexity index is 973. The van der Waals surface area contributed by atoms with Gasteiger partial charge in [0.15, 0.2) is 16.4 Å². The summed E-state index contributed by atoms with van der Waals surface area (Å²) < 4.78 is 28.7. The van der Waals surface area contributed by atoms with Crippen molar-refractivity contribution in [3.05, 3.63) is 42.1 Å². The number of unbranched alkanes of at least 4 members (excludes halogenated alkanes) is 1. The molecule has 1 aromatic carbocycles. The number of para-hydroxylation sites is 1. The summed E-state index contributed by atoms with van der Waals surface area (Å²) in [7, 11) is -3.11. The van der Waals surface area contributed by atoms with Crippen molar-refractivity contribution in [1.29, 1.82) is 0 Å². The fourth-order valence-electron chi connectivity index (χ4n) is 3.32. The maximum Gasteiger partial charge on any atom is 0.357 e. The van der Waals surface area contributed by atoms with E-state index in [4.69, 9.17) is 4.74 Å². The second-order valence-electron chi connectivity index (χ2n) is 6.96. The summed E-state index contributed by atoms with van der Waals surface area (Å²) in [5.41, 5.74) is 0.805. The molecule has 28 heavy (non-hydrogen) atoms. The lowest BCUT2D eigenvalue weighted by Crippen LogP contribution is -2.43. The Labute approximate surface area is 164 Å². The zero-order valence-corrected chi connectivity index (χ0v) is 16.7. The highest BCUT2D eigenvalue weighted by Crippen LogP contribution is 2.19. The van der Waals surface area contributed by atoms with Gasteiger partial charge in [-0.2, -0.15) is 0 Å². The molecule has 7 nitrogen and oxygen atoms in total. The van der Waals surface area contributed by atoms with Crippen LogP contribution in [0, 0.1) is 0 Å². The van der Waals surface area contributed by atoms with Crippen LogP contribution in [0.2, 0.25) is 0 Å². The lowest BCUT2D eigenvalue weighted by atomic mass is 10.2. The van der Waals surface area contributed by atoms with Crippen LogP contribution in [0.5, 0.6) is 0 Å². The van der Waals surface area contributed by atoms with E-state index in [1.807, 2.05) is 25.1 Å². The largest absolute Gasteiger partial charge is 0.451 e. The lowest BCUT2D eigenvalue weighted by Gasteiger charge is -2.28. The third-order valence-electron chi connectivity index (χ3n) is 4.86. The monoisotopic (exact) mass is 404 g/mol. The number of benzene rings is 1. The molecule has 0 unspecified atom stereocenters. The number of esters is 1. The highest BCUT2D eigenvalue weighted by atomic mass is 32.2. The third-order valence-corrected chi connectivity index (χ3v) is 6.61. The molecule has 0 spiro atoms. The predicted molar refractivity (Wildman–Crippen MR) is 106 cm³/mol. The topological polar surface area (TPSA) is 93.6 Å². The molecule has 1 aromatic heterocycles. The van der Waals surface area contributed by atoms with Gasteiger partial charge >= 0.3 is 5.97 Å². The molecule has 2 heterocycles. The number of carbonyl (C=O) groups excluding carboxylic acids is 2. The molecule has 1 aliphatic rings. The first-order chi connectivity index (χ1) is 13.4. The summed E-state index contributed by atoms with van der Waals surface area (Å²) in [6.07, 6.45) is 2.07. The van der Waals surface area contributed by atoms with Crippen LogP contribution in [0.25, 0.3) is 10.9 Å². The van der Waals surface area contributed by atoms with Gasteiger partial charge in [0, 0.05) is 18.0 Å². The van der Waals surface area contributed by atoms with E-state index in [9.17, 15) is 18.0 Å². The molecule has 1 saturated heterocycles. The van der Waals surface area contributed by atoms with Gasteiger partial charge in [-0.3, -0.25) is 4.79 Å². The Balaban J connectivity index is 1.64. The van der Waals surface area contributed by atoms with Gasteiger partial charge in [-0.15, -0.1) is 0 Å². The number of pyridine rings is 1. The van der Waals surface area contributed by atoms with E-state index in [-0.39, 0.29) is 29.1 Å². The van der Waals surface area contributed by atoms with Gasteiger partial charge in [0.1, 0.15) is 5.69 Å². The fraction of sp³-hybridized carbons (Fsp3) is 0.450. The van der Waals surface area contributed by atoms with Crippen LogP contribution in [0.1, 0.15) is 36.7 Å². The first kappa shape index (κ1) is 20.3. The van der Waals surface area contributed by atoms with E-state index in [2.05, 4.69) is 4.98 Å². The minimum atomic E-state index is -3.11. The Morgan fingerprint density at radius 2 is 2.00 bits per heavy atom. The van der Waals surface area contributed by atoms with E-state index in [0.717, 1.165) is 18.2 Å². The molecule has 1 atom stereocenters. The predicted octanol–water partition coefficient (Wildman–Crippen LogP) is 2.21. The van der Waals surface area contributed by atoms with Crippen molar-refractivity contribution < 1.29 is 22.7 Å². The van der Waals surface area contributed by atoms with Crippen molar-refractivity contribution in [1.82, 2.24) is 9.88 Å². The van der Waals surface area contributed by atoms with Gasteiger partial charge in [-0.1, -0.05) is 37.6 Å². The lowest BCUT2D eigenvalue weighted by molar-refractivity contribution is -0.136. The number of hydrogen-bond acceptors (Lipinski definition) is 6. The molecule has 2 aromatic rings. The number of carbonyl (C=O) groups is 2. The molecule has 8 heteroatoms. The van der Waals surface area contributed by atoms with Crippen molar-refractivity contribution in [3.63, 3.8) is 0 Å². The number of ether oxygens (including phenoxy) is 1. The SMILES string of the molecule is CCCCN(C(=O)COC(=O)c1ccc2ccccc2n1)[C@H]1CCS(=O)(=O)C1. The summed E-state index contributed by atoms with van der Waals surface area (Å²) in [6.45, 7) is 2.04. The van der Waals surface area contributed by atoms with E-state index in [1.165, 1.54) is 0 Å². The van der Waals surface area contributed by atoms with E-state index >= 15 is 0 Å². The molecule has 1 fully saturated rings. The number of amides is 1. The minimum absolute atomic E-state index is 0.0252. The third kappa shape index (κ3) is 4.86. The van der Waals surface area contributed by atoms with Crippen LogP contribution < -0.4 is 0 Å². The van der Waals surface area contributed by atoms with E-state index in [0.29, 0.717) is 18.5 Å². The quantitative estimate of drug-likeness (QED) is 0.657. The molecular weight excluding hydrogens is 380 g/mol. The molecule has 1 aliphatic heterocycles. The van der Waals surface area contributed by atoms with Crippen molar-refractivity contribution in [3.8, 4) is 0 Å².